The van der Waals surface area contributed by atoms with E-state index >= 15 is 0 Å². The zero-order chi connectivity index (χ0) is 13.2. The zero-order valence-corrected chi connectivity index (χ0v) is 12.8. The van der Waals surface area contributed by atoms with Gasteiger partial charge in [0.2, 0.25) is 0 Å². The molecule has 0 unspecified atom stereocenters. The highest BCUT2D eigenvalue weighted by atomic mass is 79.9. The van der Waals surface area contributed by atoms with E-state index in [0.29, 0.717) is 41.4 Å². The Morgan fingerprint density at radius 2 is 2.06 bits per heavy atom. The van der Waals surface area contributed by atoms with Crippen molar-refractivity contribution in [2.24, 2.45) is 0 Å². The second-order valence-corrected chi connectivity index (χ2v) is 7.80. The molecule has 0 aliphatic carbocycles. The van der Waals surface area contributed by atoms with Crippen molar-refractivity contribution in [2.45, 2.75) is 4.21 Å². The maximum absolute atomic E-state index is 12.4. The summed E-state index contributed by atoms with van der Waals surface area (Å²) >= 11 is 4.48. The second-order valence-electron chi connectivity index (χ2n) is 3.89. The molecule has 1 aliphatic rings. The van der Waals surface area contributed by atoms with E-state index in [0.717, 1.165) is 0 Å². The van der Waals surface area contributed by atoms with E-state index in [2.05, 4.69) is 22.0 Å². The van der Waals surface area contributed by atoms with Crippen LogP contribution in [0.5, 0.6) is 0 Å². The SMILES string of the molecule is N#CCN1CCN(S(=O)(=O)c2sccc2Br)CC1. The summed E-state index contributed by atoms with van der Waals surface area (Å²) < 4.78 is 27.2. The van der Waals surface area contributed by atoms with E-state index < -0.39 is 10.0 Å². The van der Waals surface area contributed by atoms with Crippen LogP contribution in [0.2, 0.25) is 0 Å². The molecular weight excluding hydrogens is 338 g/mol. The van der Waals surface area contributed by atoms with Gasteiger partial charge in [-0.3, -0.25) is 4.90 Å². The van der Waals surface area contributed by atoms with E-state index in [9.17, 15) is 8.42 Å². The first kappa shape index (κ1) is 14.0. The molecule has 2 rings (SSSR count). The average molecular weight is 350 g/mol. The minimum Gasteiger partial charge on any atom is -0.288 e. The first-order valence-corrected chi connectivity index (χ1v) is 8.49. The molecule has 0 atom stereocenters. The fraction of sp³-hybridized carbons (Fsp3) is 0.500. The van der Waals surface area contributed by atoms with Gasteiger partial charge in [0.1, 0.15) is 4.21 Å². The maximum atomic E-state index is 12.4. The van der Waals surface area contributed by atoms with Gasteiger partial charge in [-0.15, -0.1) is 11.3 Å². The van der Waals surface area contributed by atoms with Crippen molar-refractivity contribution in [1.29, 1.82) is 5.26 Å². The van der Waals surface area contributed by atoms with E-state index in [4.69, 9.17) is 5.26 Å². The minimum absolute atomic E-state index is 0.358. The van der Waals surface area contributed by atoms with Crippen molar-refractivity contribution in [2.75, 3.05) is 32.7 Å². The van der Waals surface area contributed by atoms with E-state index in [1.165, 1.54) is 15.6 Å². The van der Waals surface area contributed by atoms with Crippen LogP contribution in [0.15, 0.2) is 20.1 Å². The molecule has 2 heterocycles. The van der Waals surface area contributed by atoms with Crippen molar-refractivity contribution in [3.05, 3.63) is 15.9 Å². The highest BCUT2D eigenvalue weighted by Gasteiger charge is 2.30. The molecule has 0 amide bonds. The van der Waals surface area contributed by atoms with Crippen LogP contribution in [0.1, 0.15) is 0 Å². The number of nitrogens with zero attached hydrogens (tertiary/aromatic N) is 3. The van der Waals surface area contributed by atoms with Gasteiger partial charge in [-0.05, 0) is 27.4 Å². The molecule has 0 saturated carbocycles. The summed E-state index contributed by atoms with van der Waals surface area (Å²) in [5, 5.41) is 10.4. The van der Waals surface area contributed by atoms with Gasteiger partial charge in [-0.25, -0.2) is 8.42 Å². The lowest BCUT2D eigenvalue weighted by atomic mass is 10.4. The first-order chi connectivity index (χ1) is 8.55. The van der Waals surface area contributed by atoms with Crippen LogP contribution in [0.3, 0.4) is 0 Å². The average Bonchev–Trinajstić information content (AvgIpc) is 2.77. The molecule has 1 fully saturated rings. The monoisotopic (exact) mass is 349 g/mol. The quantitative estimate of drug-likeness (QED) is 0.772. The summed E-state index contributed by atoms with van der Waals surface area (Å²) in [6.07, 6.45) is 0. The first-order valence-electron chi connectivity index (χ1n) is 5.38. The number of sulfonamides is 1. The van der Waals surface area contributed by atoms with Crippen LogP contribution in [0, 0.1) is 11.3 Å². The van der Waals surface area contributed by atoms with Gasteiger partial charge < -0.3 is 0 Å². The lowest BCUT2D eigenvalue weighted by Gasteiger charge is -2.32. The van der Waals surface area contributed by atoms with Crippen LogP contribution < -0.4 is 0 Å². The van der Waals surface area contributed by atoms with E-state index in [1.807, 2.05) is 4.90 Å². The number of rotatable bonds is 3. The largest absolute Gasteiger partial charge is 0.288 e. The summed E-state index contributed by atoms with van der Waals surface area (Å²) in [4.78, 5) is 1.95. The van der Waals surface area contributed by atoms with E-state index in [-0.39, 0.29) is 0 Å². The van der Waals surface area contributed by atoms with Crippen molar-refractivity contribution in [1.82, 2.24) is 9.21 Å². The second kappa shape index (κ2) is 5.67. The molecule has 18 heavy (non-hydrogen) atoms. The topological polar surface area (TPSA) is 64.4 Å². The third-order valence-corrected chi connectivity index (χ3v) is 7.33. The fourth-order valence-electron chi connectivity index (χ4n) is 1.81. The lowest BCUT2D eigenvalue weighted by molar-refractivity contribution is 0.206. The summed E-state index contributed by atoms with van der Waals surface area (Å²) in [6, 6.07) is 3.82. The van der Waals surface area contributed by atoms with Gasteiger partial charge in [0.15, 0.2) is 0 Å². The van der Waals surface area contributed by atoms with Crippen molar-refractivity contribution in [3.63, 3.8) is 0 Å². The Morgan fingerprint density at radius 3 is 2.56 bits per heavy atom. The number of piperazine rings is 1. The molecule has 8 heteroatoms. The van der Waals surface area contributed by atoms with Crippen LogP contribution in [0.4, 0.5) is 0 Å². The number of hydrogen-bond donors (Lipinski definition) is 0. The molecule has 0 radical (unpaired) electrons. The van der Waals surface area contributed by atoms with Gasteiger partial charge in [0.05, 0.1) is 12.6 Å². The summed E-state index contributed by atoms with van der Waals surface area (Å²) in [7, 11) is -3.39. The highest BCUT2D eigenvalue weighted by molar-refractivity contribution is 9.10. The Balaban J connectivity index is 2.10. The Morgan fingerprint density at radius 1 is 1.39 bits per heavy atom. The highest BCUT2D eigenvalue weighted by Crippen LogP contribution is 2.30. The molecule has 1 saturated heterocycles. The van der Waals surface area contributed by atoms with Gasteiger partial charge in [0.25, 0.3) is 10.0 Å². The number of halogens is 1. The van der Waals surface area contributed by atoms with Crippen LogP contribution >= 0.6 is 27.3 Å². The normalized spacial score (nSPS) is 18.7. The molecule has 0 spiro atoms. The molecule has 0 N–H and O–H groups in total. The Kier molecular flexibility index (Phi) is 4.40. The Hall–Kier alpha value is -0.460. The van der Waals surface area contributed by atoms with Crippen LogP contribution in [-0.2, 0) is 10.0 Å². The smallest absolute Gasteiger partial charge is 0.253 e. The molecular formula is C10H12BrN3O2S2. The summed E-state index contributed by atoms with van der Waals surface area (Å²) in [6.45, 7) is 2.45. The van der Waals surface area contributed by atoms with Crippen molar-refractivity contribution in [3.8, 4) is 6.07 Å². The van der Waals surface area contributed by atoms with Crippen molar-refractivity contribution >= 4 is 37.3 Å². The van der Waals surface area contributed by atoms with Gasteiger partial charge in [0, 0.05) is 30.7 Å². The molecule has 98 valence electrons. The van der Waals surface area contributed by atoms with Gasteiger partial charge >= 0.3 is 0 Å². The number of hydrogen-bond acceptors (Lipinski definition) is 5. The molecule has 1 aliphatic heterocycles. The third kappa shape index (κ3) is 2.75. The Labute approximate surface area is 119 Å². The lowest BCUT2D eigenvalue weighted by Crippen LogP contribution is -2.48. The van der Waals surface area contributed by atoms with Crippen LogP contribution in [0.25, 0.3) is 0 Å². The van der Waals surface area contributed by atoms with Gasteiger partial charge in [-0.1, -0.05) is 0 Å². The molecule has 1 aromatic rings. The standard InChI is InChI=1S/C10H12BrN3O2S2/c11-9-1-8-17-10(9)18(15,16)14-6-4-13(3-2-12)5-7-14/h1,8H,3-7H2. The molecule has 0 aromatic carbocycles. The fourth-order valence-corrected chi connectivity index (χ4v) is 5.68. The third-order valence-electron chi connectivity index (χ3n) is 2.78. The summed E-state index contributed by atoms with van der Waals surface area (Å²) in [5.74, 6) is 0. The molecule has 1 aromatic heterocycles. The van der Waals surface area contributed by atoms with E-state index in [1.54, 1.807) is 11.4 Å². The number of nitriles is 1. The molecule has 0 bridgehead atoms. The maximum Gasteiger partial charge on any atom is 0.253 e. The van der Waals surface area contributed by atoms with Gasteiger partial charge in [-0.2, -0.15) is 9.57 Å². The van der Waals surface area contributed by atoms with Crippen molar-refractivity contribution < 1.29 is 8.42 Å². The predicted molar refractivity (Wildman–Crippen MR) is 72.8 cm³/mol. The zero-order valence-electron chi connectivity index (χ0n) is 9.54. The number of thiophene rings is 1. The predicted octanol–water partition coefficient (Wildman–Crippen LogP) is 1.34. The van der Waals surface area contributed by atoms with Crippen LogP contribution in [-0.4, -0.2) is 50.3 Å². The minimum atomic E-state index is -3.39. The summed E-state index contributed by atoms with van der Waals surface area (Å²) in [5.41, 5.74) is 0. The Bertz CT molecular complexity index is 556. The molecule has 5 nitrogen and oxygen atoms in total.